The quantitative estimate of drug-likeness (QED) is 0.150. The van der Waals surface area contributed by atoms with Crippen molar-refractivity contribution in [3.63, 3.8) is 0 Å². The van der Waals surface area contributed by atoms with E-state index in [-0.39, 0.29) is 37.6 Å². The van der Waals surface area contributed by atoms with E-state index in [1.807, 2.05) is 97.2 Å². The Bertz CT molecular complexity index is 2890. The number of rotatable bonds is 7. The number of nitrogens with zero attached hydrogens (tertiary/aromatic N) is 4. The predicted octanol–water partition coefficient (Wildman–Crippen LogP) is 12.5. The second kappa shape index (κ2) is 15.0. The first-order valence-corrected chi connectivity index (χ1v) is 18.2. The van der Waals surface area contributed by atoms with Gasteiger partial charge in [-0.1, -0.05) is 105 Å². The van der Waals surface area contributed by atoms with Gasteiger partial charge in [-0.05, 0) is 40.3 Å². The Morgan fingerprint density at radius 1 is 0.632 bits per heavy atom. The zero-order chi connectivity index (χ0) is 38.6. The number of fused-ring (bicyclic) bond motifs is 3. The van der Waals surface area contributed by atoms with E-state index >= 15 is 8.78 Å². The van der Waals surface area contributed by atoms with Crippen molar-refractivity contribution in [2.45, 2.75) is 26.2 Å². The summed E-state index contributed by atoms with van der Waals surface area (Å²) in [7, 11) is 0. The number of halogens is 3. The summed E-state index contributed by atoms with van der Waals surface area (Å²) in [6.07, 6.45) is 1.84. The first-order chi connectivity index (χ1) is 27.1. The SMILES string of the molecule is CC(C)(C)c1ccnc(-n2c3[c-]c(Oc4[c-]c(-n5nc(-c6ccccc6)c(-c6c(F)cc(F)cc6F)c5-c5ccccc5)ccc4)ccc3c3ccccc32)c1.[Pt+2]. The maximum atomic E-state index is 15.7. The topological polar surface area (TPSA) is 44.9 Å². The maximum absolute atomic E-state index is 15.7. The van der Waals surface area contributed by atoms with Gasteiger partial charge >= 0.3 is 21.1 Å². The van der Waals surface area contributed by atoms with Crippen molar-refractivity contribution in [2.24, 2.45) is 0 Å². The smallest absolute Gasteiger partial charge is 0.509 e. The van der Waals surface area contributed by atoms with Gasteiger partial charge in [0.1, 0.15) is 29.0 Å². The second-order valence-electron chi connectivity index (χ2n) is 14.6. The summed E-state index contributed by atoms with van der Waals surface area (Å²) in [5.41, 5.74) is 5.08. The van der Waals surface area contributed by atoms with E-state index in [4.69, 9.17) is 14.8 Å². The van der Waals surface area contributed by atoms with Crippen LogP contribution in [0.5, 0.6) is 11.5 Å². The van der Waals surface area contributed by atoms with Crippen LogP contribution in [-0.4, -0.2) is 19.3 Å². The van der Waals surface area contributed by atoms with Crippen LogP contribution in [0.25, 0.3) is 67.0 Å². The molecule has 0 bridgehead atoms. The molecule has 3 heterocycles. The van der Waals surface area contributed by atoms with Gasteiger partial charge < -0.3 is 9.30 Å². The number of pyridine rings is 1. The maximum Gasteiger partial charge on any atom is 2.00 e. The van der Waals surface area contributed by atoms with Crippen LogP contribution in [0.3, 0.4) is 0 Å². The molecule has 0 atom stereocenters. The molecular formula is C48H33F3N4OPt. The van der Waals surface area contributed by atoms with Gasteiger partial charge in [0.25, 0.3) is 0 Å². The van der Waals surface area contributed by atoms with Gasteiger partial charge in [0, 0.05) is 52.0 Å². The van der Waals surface area contributed by atoms with Crippen molar-refractivity contribution in [3.05, 3.63) is 181 Å². The minimum atomic E-state index is -1.04. The van der Waals surface area contributed by atoms with E-state index in [9.17, 15) is 4.39 Å². The Kier molecular flexibility index (Phi) is 9.92. The number of aromatic nitrogens is 4. The molecule has 0 saturated carbocycles. The van der Waals surface area contributed by atoms with E-state index < -0.39 is 17.5 Å². The van der Waals surface area contributed by atoms with Crippen molar-refractivity contribution < 1.29 is 39.0 Å². The molecular weight excluding hydrogens is 901 g/mol. The average molecular weight is 934 g/mol. The molecule has 3 aromatic heterocycles. The third kappa shape index (κ3) is 6.95. The van der Waals surface area contributed by atoms with Crippen molar-refractivity contribution in [1.82, 2.24) is 19.3 Å². The fraction of sp³-hybridized carbons (Fsp3) is 0.0833. The summed E-state index contributed by atoms with van der Waals surface area (Å²) in [5.74, 6) is -1.50. The van der Waals surface area contributed by atoms with Crippen LogP contribution in [0.15, 0.2) is 146 Å². The molecule has 282 valence electrons. The van der Waals surface area contributed by atoms with Gasteiger partial charge in [0.2, 0.25) is 0 Å². The number of para-hydroxylation sites is 1. The van der Waals surface area contributed by atoms with Crippen molar-refractivity contribution in [1.29, 1.82) is 0 Å². The Balaban J connectivity index is 0.00000455. The van der Waals surface area contributed by atoms with Crippen LogP contribution in [0.1, 0.15) is 26.3 Å². The Hall–Kier alpha value is -6.24. The molecule has 0 fully saturated rings. The molecule has 9 aromatic rings. The van der Waals surface area contributed by atoms with Gasteiger partial charge in [-0.15, -0.1) is 35.7 Å². The Labute approximate surface area is 342 Å². The van der Waals surface area contributed by atoms with E-state index in [1.54, 1.807) is 22.9 Å². The summed E-state index contributed by atoms with van der Waals surface area (Å²) in [5, 5.41) is 7.04. The second-order valence-corrected chi connectivity index (χ2v) is 14.6. The molecule has 0 aliphatic rings. The zero-order valence-corrected chi connectivity index (χ0v) is 33.3. The van der Waals surface area contributed by atoms with Crippen molar-refractivity contribution in [2.75, 3.05) is 0 Å². The normalized spacial score (nSPS) is 11.5. The van der Waals surface area contributed by atoms with E-state index in [0.717, 1.165) is 33.2 Å². The Morgan fingerprint density at radius 3 is 2.02 bits per heavy atom. The third-order valence-corrected chi connectivity index (χ3v) is 9.84. The summed E-state index contributed by atoms with van der Waals surface area (Å²) in [6.45, 7) is 6.53. The average Bonchev–Trinajstić information content (AvgIpc) is 3.74. The number of hydrogen-bond donors (Lipinski definition) is 0. The van der Waals surface area contributed by atoms with E-state index in [0.29, 0.717) is 51.8 Å². The largest absolute Gasteiger partial charge is 2.00 e. The number of benzene rings is 6. The minimum Gasteiger partial charge on any atom is -0.509 e. The minimum absolute atomic E-state index is 0. The fourth-order valence-electron chi connectivity index (χ4n) is 7.19. The van der Waals surface area contributed by atoms with Gasteiger partial charge in [0.15, 0.2) is 0 Å². The van der Waals surface area contributed by atoms with Gasteiger partial charge in [-0.3, -0.25) is 4.68 Å². The molecule has 6 aromatic carbocycles. The molecule has 0 saturated heterocycles. The molecule has 0 amide bonds. The van der Waals surface area contributed by atoms with Gasteiger partial charge in [-0.25, -0.2) is 18.2 Å². The standard InChI is InChI=1S/C48H33F3N4O.Pt/c1-48(2,3)32-23-24-52-43(25-32)54-41-20-11-10-19-37(41)38-22-21-36(29-42(38)54)56-35-18-12-17-34(28-35)55-47(31-15-8-5-9-16-31)45(44-39(50)26-33(49)27-40(44)51)46(53-55)30-13-6-4-7-14-30;/h4-27H,1-3H3;/q-2;+2. The van der Waals surface area contributed by atoms with Crippen LogP contribution >= 0.6 is 0 Å². The fourth-order valence-corrected chi connectivity index (χ4v) is 7.19. The first-order valence-electron chi connectivity index (χ1n) is 18.2. The summed E-state index contributed by atoms with van der Waals surface area (Å²) in [6, 6.07) is 48.1. The molecule has 5 nitrogen and oxygen atoms in total. The summed E-state index contributed by atoms with van der Waals surface area (Å²) in [4.78, 5) is 4.78. The molecule has 9 rings (SSSR count). The first kappa shape index (κ1) is 37.7. The third-order valence-electron chi connectivity index (χ3n) is 9.84. The van der Waals surface area contributed by atoms with Crippen molar-refractivity contribution >= 4 is 21.8 Å². The molecule has 0 aliphatic carbocycles. The van der Waals surface area contributed by atoms with Crippen LogP contribution < -0.4 is 4.74 Å². The monoisotopic (exact) mass is 933 g/mol. The molecule has 0 radical (unpaired) electrons. The number of ether oxygens (including phenoxy) is 1. The van der Waals surface area contributed by atoms with Crippen LogP contribution in [0.4, 0.5) is 13.2 Å². The molecule has 57 heavy (non-hydrogen) atoms. The zero-order valence-electron chi connectivity index (χ0n) is 31.0. The molecule has 0 unspecified atom stereocenters. The summed E-state index contributed by atoms with van der Waals surface area (Å²) >= 11 is 0. The molecule has 0 N–H and O–H groups in total. The van der Waals surface area contributed by atoms with Crippen LogP contribution in [0, 0.1) is 29.6 Å². The van der Waals surface area contributed by atoms with Crippen molar-refractivity contribution in [3.8, 4) is 56.6 Å². The number of hydrogen-bond acceptors (Lipinski definition) is 3. The van der Waals surface area contributed by atoms with Crippen LogP contribution in [0.2, 0.25) is 0 Å². The molecule has 0 aliphatic heterocycles. The summed E-state index contributed by atoms with van der Waals surface area (Å²) < 4.78 is 55.9. The molecule has 0 spiro atoms. The molecule has 9 heteroatoms. The van der Waals surface area contributed by atoms with Gasteiger partial charge in [0.05, 0.1) is 11.3 Å². The van der Waals surface area contributed by atoms with E-state index in [2.05, 4.69) is 55.7 Å². The Morgan fingerprint density at radius 2 is 1.30 bits per heavy atom. The predicted molar refractivity (Wildman–Crippen MR) is 215 cm³/mol. The van der Waals surface area contributed by atoms with E-state index in [1.165, 1.54) is 0 Å². The van der Waals surface area contributed by atoms with Gasteiger partial charge in [-0.2, -0.15) is 17.2 Å². The van der Waals surface area contributed by atoms with Crippen LogP contribution in [-0.2, 0) is 26.5 Å².